The molecule has 124 heavy (non-hydrogen) atoms. The Morgan fingerprint density at radius 3 is 1.77 bits per heavy atom. The number of aliphatic hydroxyl groups excluding tert-OH is 5. The van der Waals surface area contributed by atoms with Gasteiger partial charge in [0, 0.05) is 134 Å². The number of nitrogens with one attached hydrogen (secondary N) is 12. The normalized spacial score (nSPS) is 20.5. The number of hydrogen-bond acceptors (Lipinski definition) is 29. The van der Waals surface area contributed by atoms with Gasteiger partial charge in [-0.25, -0.2) is 4.79 Å². The van der Waals surface area contributed by atoms with Gasteiger partial charge in [-0.15, -0.1) is 0 Å². The second-order valence-corrected chi connectivity index (χ2v) is 32.5. The number of ether oxygens (including phenoxy) is 3. The van der Waals surface area contributed by atoms with Crippen LogP contribution >= 0.6 is 23.5 Å². The van der Waals surface area contributed by atoms with Crippen molar-refractivity contribution < 1.29 is 117 Å². The SMILES string of the molecule is CCCC[C@H](NC(=O)CCC(=O)NCCCOCCOCCOCCCNC(=O)[C@H](CCC(=O)NCC(=O)[C@@H](O)[C@H](O)[C@H](O)CO)NC(=O)C(CNCCN)CNCCN)C(=O)N[C@H]1CSCc2cccc(c2)CSC[C@@H](C(=O)O)NC(=O)[C@H](Cc2ccccc2)NC(=O)[C@H](CCC(N)=O)NC(=O)[C@H]([C@@H](C)O)NC(=O)[C@@H]2CCCN2C(=O)[C@@H]2CCCN2C1=O. The van der Waals surface area contributed by atoms with Gasteiger partial charge in [0.15, 0.2) is 5.78 Å². The minimum Gasteiger partial charge on any atom is -0.480 e. The average molecular weight is 1790 g/mol. The number of aliphatic hydroxyl groups is 5. The number of carbonyl (C=O) groups excluding carboxylic acids is 14. The molecule has 2 fully saturated rings. The van der Waals surface area contributed by atoms with E-state index in [1.165, 1.54) is 40.2 Å². The smallest absolute Gasteiger partial charge is 0.327 e. The largest absolute Gasteiger partial charge is 0.480 e. The quantitative estimate of drug-likeness (QED) is 0.0274. The second-order valence-electron chi connectivity index (χ2n) is 30.4. The molecule has 2 aromatic carbocycles. The van der Waals surface area contributed by atoms with Crippen molar-refractivity contribution in [2.45, 2.75) is 207 Å². The Kier molecular flexibility index (Phi) is 50.2. The maximum atomic E-state index is 15.1. The Labute approximate surface area is 730 Å². The van der Waals surface area contributed by atoms with Crippen molar-refractivity contribution in [1.82, 2.24) is 73.6 Å². The molecule has 2 bridgehead atoms. The summed E-state index contributed by atoms with van der Waals surface area (Å²) >= 11 is 2.50. The summed E-state index contributed by atoms with van der Waals surface area (Å²) in [5.74, 6) is -12.0. The van der Waals surface area contributed by atoms with Gasteiger partial charge in [-0.1, -0.05) is 74.4 Å². The highest BCUT2D eigenvalue weighted by Crippen LogP contribution is 2.28. The lowest BCUT2D eigenvalue weighted by molar-refractivity contribution is -0.148. The number of amides is 13. The van der Waals surface area contributed by atoms with E-state index < -0.39 is 199 Å². The monoisotopic (exact) mass is 1790 g/mol. The van der Waals surface area contributed by atoms with Crippen LogP contribution < -0.4 is 81.0 Å². The maximum absolute atomic E-state index is 15.1. The molecule has 0 saturated carbocycles. The van der Waals surface area contributed by atoms with Crippen molar-refractivity contribution in [1.29, 1.82) is 0 Å². The first-order valence-corrected chi connectivity index (χ1v) is 44.5. The molecule has 0 radical (unpaired) electrons. The molecule has 3 heterocycles. The lowest BCUT2D eigenvalue weighted by atomic mass is 10.0. The van der Waals surface area contributed by atoms with Gasteiger partial charge in [0.2, 0.25) is 76.8 Å². The first-order valence-electron chi connectivity index (χ1n) is 42.2. The Bertz CT molecular complexity index is 3720. The van der Waals surface area contributed by atoms with Gasteiger partial charge in [0.05, 0.1) is 51.6 Å². The van der Waals surface area contributed by atoms with Gasteiger partial charge < -0.3 is 136 Å². The molecule has 43 heteroatoms. The number of primary amides is 1. The second kappa shape index (κ2) is 59.0. The van der Waals surface area contributed by atoms with Crippen molar-refractivity contribution in [2.75, 3.05) is 130 Å². The number of thioether (sulfide) groups is 2. The number of carbonyl (C=O) groups is 15. The van der Waals surface area contributed by atoms with E-state index in [1.54, 1.807) is 36.4 Å². The minimum atomic E-state index is -2.10. The van der Waals surface area contributed by atoms with E-state index in [0.717, 1.165) is 11.1 Å². The van der Waals surface area contributed by atoms with Crippen molar-refractivity contribution in [3.63, 3.8) is 0 Å². The zero-order chi connectivity index (χ0) is 90.9. The molecule has 694 valence electrons. The molecule has 0 unspecified atom stereocenters. The van der Waals surface area contributed by atoms with Gasteiger partial charge >= 0.3 is 5.97 Å². The van der Waals surface area contributed by atoms with E-state index in [2.05, 4.69) is 63.8 Å². The van der Waals surface area contributed by atoms with E-state index in [0.29, 0.717) is 76.0 Å². The molecule has 5 rings (SSSR count). The molecule has 3 aliphatic heterocycles. The van der Waals surface area contributed by atoms with Crippen molar-refractivity contribution in [3.05, 3.63) is 71.3 Å². The number of nitrogens with zero attached hydrogens (tertiary/aromatic N) is 2. The Morgan fingerprint density at radius 1 is 0.589 bits per heavy atom. The summed E-state index contributed by atoms with van der Waals surface area (Å²) in [5.41, 5.74) is 18.9. The molecule has 0 spiro atoms. The number of fused-ring (bicyclic) bond motifs is 4. The topological polar surface area (TPSA) is 634 Å². The highest BCUT2D eigenvalue weighted by molar-refractivity contribution is 7.98. The van der Waals surface area contributed by atoms with Crippen LogP contribution in [0.1, 0.15) is 127 Å². The van der Waals surface area contributed by atoms with Gasteiger partial charge in [-0.05, 0) is 81.4 Å². The van der Waals surface area contributed by atoms with Gasteiger partial charge in [-0.3, -0.25) is 67.1 Å². The number of unbranched alkanes of at least 4 members (excludes halogenated alkanes) is 1. The Hall–Kier alpha value is -9.09. The molecule has 3 aliphatic rings. The van der Waals surface area contributed by atoms with E-state index in [4.69, 9.17) is 36.5 Å². The van der Waals surface area contributed by atoms with E-state index in [1.807, 2.05) is 25.1 Å². The van der Waals surface area contributed by atoms with E-state index in [9.17, 15) is 92.7 Å². The van der Waals surface area contributed by atoms with E-state index in [-0.39, 0.29) is 148 Å². The zero-order valence-electron chi connectivity index (χ0n) is 70.6. The Morgan fingerprint density at radius 2 is 1.16 bits per heavy atom. The molecular weight excluding hydrogens is 1660 g/mol. The molecule has 24 N–H and O–H groups in total. The van der Waals surface area contributed by atoms with Gasteiger partial charge in [-0.2, -0.15) is 23.5 Å². The maximum Gasteiger partial charge on any atom is 0.327 e. The van der Waals surface area contributed by atoms with Crippen LogP contribution in [0.4, 0.5) is 0 Å². The fourth-order valence-electron chi connectivity index (χ4n) is 13.5. The number of nitrogens with two attached hydrogens (primary N) is 3. The van der Waals surface area contributed by atoms with Crippen LogP contribution in [-0.4, -0.2) is 338 Å². The molecule has 2 saturated heterocycles. The minimum absolute atomic E-state index is 0.0233. The molecule has 0 aliphatic carbocycles. The fraction of sp³-hybridized carbons (Fsp3) is 0.667. The van der Waals surface area contributed by atoms with Crippen molar-refractivity contribution in [2.24, 2.45) is 23.1 Å². The van der Waals surface area contributed by atoms with Crippen LogP contribution in [0.2, 0.25) is 0 Å². The van der Waals surface area contributed by atoms with Crippen LogP contribution in [0.3, 0.4) is 0 Å². The molecule has 41 nitrogen and oxygen atoms in total. The number of benzene rings is 2. The van der Waals surface area contributed by atoms with Crippen LogP contribution in [-0.2, 0) is 104 Å². The number of aliphatic carboxylic acids is 1. The fourth-order valence-corrected chi connectivity index (χ4v) is 15.5. The lowest BCUT2D eigenvalue weighted by Crippen LogP contribution is -2.61. The first kappa shape index (κ1) is 105. The number of carboxylic acid groups (broad SMARTS) is 1. The first-order chi connectivity index (χ1) is 59.5. The standard InChI is InChI=1S/C81H129N17O24S2/c1-3-4-17-55(90-68(106)25-24-66(104)87-28-11-34-120-36-38-122-39-37-121-35-12-29-88-73(110)56(91-72(109)54(42-85-30-26-82)43-86-31-27-83)21-23-67(105)89-44-63(101)70(107)71(108)64(102)45-99)74(111)94-59-48-123-46-52-15-8-16-53(40-52)47-124-49-60(81(118)119)95-76(113)58(41-51-13-6-5-7-14-51)93-75(112)57(20-22-65(84)103)92-78(115)69(50(2)100)96-77(114)61-18-9-32-97(61)80(117)62-19-10-33-98(62)79(59)116/h5-8,13-16,40,50,54-62,64,69-71,85-86,99-100,102,107-108H,3-4,9-12,17-39,41-49,82-83H2,1-2H3,(H2,84,103)(H,87,104)(H,88,110)(H,89,105)(H,90,106)(H,91,109)(H,92,115)(H,93,112)(H,94,111)(H,95,113)(H,96,114)(H,118,119)/t50-,55+,56+,57+,58+,59+,60+,61+,62+,64-,69+,70-,71-/m1/s1. The third-order valence-electron chi connectivity index (χ3n) is 20.4. The van der Waals surface area contributed by atoms with E-state index >= 15 is 4.79 Å². The molecular formula is C81H129N17O24S2. The summed E-state index contributed by atoms with van der Waals surface area (Å²) in [4.78, 5) is 208. The average Bonchev–Trinajstić information content (AvgIpc) is 1.64. The van der Waals surface area contributed by atoms with Crippen LogP contribution in [0.25, 0.3) is 0 Å². The number of carboxylic acids is 1. The molecule has 0 aromatic heterocycles. The van der Waals surface area contributed by atoms with Gasteiger partial charge in [0.1, 0.15) is 72.7 Å². The summed E-state index contributed by atoms with van der Waals surface area (Å²) in [6, 6.07) is 3.68. The third kappa shape index (κ3) is 38.8. The van der Waals surface area contributed by atoms with Crippen LogP contribution in [0.5, 0.6) is 0 Å². The predicted molar refractivity (Wildman–Crippen MR) is 456 cm³/mol. The Balaban J connectivity index is 1.14. The van der Waals surface area contributed by atoms with Gasteiger partial charge in [0.25, 0.3) is 0 Å². The number of Topliss-reactive ketones (excluding diaryl/α,β-unsaturated/α-hetero) is 1. The number of hydrogen-bond donors (Lipinski definition) is 21. The lowest BCUT2D eigenvalue weighted by Gasteiger charge is -2.34. The summed E-state index contributed by atoms with van der Waals surface area (Å²) < 4.78 is 16.9. The summed E-state index contributed by atoms with van der Waals surface area (Å²) in [7, 11) is 0. The number of rotatable bonds is 50. The highest BCUT2D eigenvalue weighted by Gasteiger charge is 2.46. The summed E-state index contributed by atoms with van der Waals surface area (Å²) in [6.45, 7) is 5.17. The van der Waals surface area contributed by atoms with Crippen molar-refractivity contribution in [3.8, 4) is 0 Å². The third-order valence-corrected chi connectivity index (χ3v) is 22.6. The molecule has 13 amide bonds. The molecule has 13 atom stereocenters. The predicted octanol–water partition coefficient (Wildman–Crippen LogP) is -6.20. The number of ketones is 1. The summed E-state index contributed by atoms with van der Waals surface area (Å²) in [6.07, 6.45) is -6.51. The zero-order valence-corrected chi connectivity index (χ0v) is 72.3. The van der Waals surface area contributed by atoms with Crippen LogP contribution in [0, 0.1) is 5.92 Å². The van der Waals surface area contributed by atoms with Crippen molar-refractivity contribution >= 4 is 112 Å². The van der Waals surface area contributed by atoms with Crippen LogP contribution in [0.15, 0.2) is 54.6 Å². The molecule has 2 aromatic rings. The summed E-state index contributed by atoms with van der Waals surface area (Å²) in [5, 5.41) is 92.3. The highest BCUT2D eigenvalue weighted by atomic mass is 32.2.